The van der Waals surface area contributed by atoms with Crippen LogP contribution >= 0.6 is 0 Å². The lowest BCUT2D eigenvalue weighted by Gasteiger charge is -2.45. The van der Waals surface area contributed by atoms with E-state index >= 15 is 0 Å². The van der Waals surface area contributed by atoms with Crippen molar-refractivity contribution in [1.82, 2.24) is 10.2 Å². The zero-order valence-electron chi connectivity index (χ0n) is 12.9. The SMILES string of the molecule is CCNC(C)C(C)(CC)N1CCCC(C)(O)CC1. The molecule has 1 rings (SSSR count). The summed E-state index contributed by atoms with van der Waals surface area (Å²) in [6.07, 6.45) is 4.06. The van der Waals surface area contributed by atoms with Gasteiger partial charge in [-0.05, 0) is 59.5 Å². The van der Waals surface area contributed by atoms with Gasteiger partial charge in [-0.1, -0.05) is 13.8 Å². The molecule has 0 radical (unpaired) electrons. The largest absolute Gasteiger partial charge is 0.390 e. The van der Waals surface area contributed by atoms with Crippen LogP contribution in [-0.4, -0.2) is 46.8 Å². The summed E-state index contributed by atoms with van der Waals surface area (Å²) >= 11 is 0. The van der Waals surface area contributed by atoms with Crippen LogP contribution in [0.25, 0.3) is 0 Å². The fourth-order valence-corrected chi connectivity index (χ4v) is 3.10. The average Bonchev–Trinajstić information content (AvgIpc) is 2.49. The van der Waals surface area contributed by atoms with Gasteiger partial charge in [-0.25, -0.2) is 0 Å². The molecule has 0 saturated carbocycles. The Morgan fingerprint density at radius 3 is 2.56 bits per heavy atom. The Morgan fingerprint density at radius 2 is 2.00 bits per heavy atom. The van der Waals surface area contributed by atoms with Gasteiger partial charge in [-0.2, -0.15) is 0 Å². The van der Waals surface area contributed by atoms with E-state index < -0.39 is 5.60 Å². The lowest BCUT2D eigenvalue weighted by molar-refractivity contribution is 0.0308. The summed E-state index contributed by atoms with van der Waals surface area (Å²) in [6, 6.07) is 0.482. The van der Waals surface area contributed by atoms with E-state index in [2.05, 4.69) is 37.9 Å². The van der Waals surface area contributed by atoms with E-state index in [-0.39, 0.29) is 5.54 Å². The Hall–Kier alpha value is -0.120. The van der Waals surface area contributed by atoms with Gasteiger partial charge >= 0.3 is 0 Å². The fourth-order valence-electron chi connectivity index (χ4n) is 3.10. The van der Waals surface area contributed by atoms with Crippen LogP contribution in [0.15, 0.2) is 0 Å². The minimum Gasteiger partial charge on any atom is -0.390 e. The summed E-state index contributed by atoms with van der Waals surface area (Å²) in [5, 5.41) is 13.8. The third-order valence-electron chi connectivity index (χ3n) is 4.95. The van der Waals surface area contributed by atoms with E-state index in [1.165, 1.54) is 0 Å². The van der Waals surface area contributed by atoms with Gasteiger partial charge in [-0.15, -0.1) is 0 Å². The first kappa shape index (κ1) is 15.9. The predicted octanol–water partition coefficient (Wildman–Crippen LogP) is 2.39. The number of likely N-dealkylation sites (tertiary alicyclic amines) is 1. The summed E-state index contributed by atoms with van der Waals surface area (Å²) in [7, 11) is 0. The van der Waals surface area contributed by atoms with E-state index in [1.54, 1.807) is 0 Å². The van der Waals surface area contributed by atoms with Gasteiger partial charge in [-0.3, -0.25) is 4.90 Å². The Bertz CT molecular complexity index is 255. The molecule has 3 unspecified atom stereocenters. The molecule has 0 aromatic rings. The lowest BCUT2D eigenvalue weighted by atomic mass is 9.87. The Kier molecular flexibility index (Phi) is 5.63. The molecule has 0 amide bonds. The summed E-state index contributed by atoms with van der Waals surface area (Å²) in [5.74, 6) is 0. The molecule has 0 aromatic carbocycles. The maximum absolute atomic E-state index is 10.2. The van der Waals surface area contributed by atoms with Crippen LogP contribution in [0, 0.1) is 0 Å². The zero-order chi connectivity index (χ0) is 13.8. The van der Waals surface area contributed by atoms with Crippen LogP contribution < -0.4 is 5.32 Å². The van der Waals surface area contributed by atoms with E-state index in [1.807, 2.05) is 6.92 Å². The van der Waals surface area contributed by atoms with Crippen LogP contribution in [0.3, 0.4) is 0 Å². The number of nitrogens with one attached hydrogen (secondary N) is 1. The molecule has 0 bridgehead atoms. The molecule has 0 spiro atoms. The van der Waals surface area contributed by atoms with Gasteiger partial charge < -0.3 is 10.4 Å². The molecular formula is C15H32N2O. The molecule has 18 heavy (non-hydrogen) atoms. The van der Waals surface area contributed by atoms with Crippen molar-refractivity contribution >= 4 is 0 Å². The monoisotopic (exact) mass is 256 g/mol. The molecule has 108 valence electrons. The smallest absolute Gasteiger partial charge is 0.0632 e. The Morgan fingerprint density at radius 1 is 1.33 bits per heavy atom. The second-order valence-corrected chi connectivity index (χ2v) is 6.33. The van der Waals surface area contributed by atoms with E-state index in [4.69, 9.17) is 0 Å². The number of aliphatic hydroxyl groups is 1. The molecule has 1 fully saturated rings. The fraction of sp³-hybridized carbons (Fsp3) is 1.00. The predicted molar refractivity (Wildman–Crippen MR) is 77.9 cm³/mol. The third kappa shape index (κ3) is 3.69. The molecule has 1 saturated heterocycles. The second-order valence-electron chi connectivity index (χ2n) is 6.33. The highest BCUT2D eigenvalue weighted by molar-refractivity contribution is 4.96. The molecule has 1 aliphatic rings. The number of hydrogen-bond acceptors (Lipinski definition) is 3. The maximum atomic E-state index is 10.2. The minimum absolute atomic E-state index is 0.191. The summed E-state index contributed by atoms with van der Waals surface area (Å²) in [5.41, 5.74) is -0.277. The second kappa shape index (κ2) is 6.36. The van der Waals surface area contributed by atoms with Gasteiger partial charge in [0.15, 0.2) is 0 Å². The van der Waals surface area contributed by atoms with Crippen molar-refractivity contribution in [2.75, 3.05) is 19.6 Å². The van der Waals surface area contributed by atoms with Crippen molar-refractivity contribution in [3.63, 3.8) is 0 Å². The van der Waals surface area contributed by atoms with E-state index in [9.17, 15) is 5.11 Å². The molecular weight excluding hydrogens is 224 g/mol. The Labute approximate surface area is 113 Å². The van der Waals surface area contributed by atoms with Crippen LogP contribution in [0.2, 0.25) is 0 Å². The van der Waals surface area contributed by atoms with Crippen molar-refractivity contribution in [2.24, 2.45) is 0 Å². The topological polar surface area (TPSA) is 35.5 Å². The minimum atomic E-state index is -0.467. The molecule has 3 heteroatoms. The van der Waals surface area contributed by atoms with Crippen molar-refractivity contribution in [2.45, 2.75) is 77.5 Å². The number of likely N-dealkylation sites (N-methyl/N-ethyl adjacent to an activating group) is 1. The number of rotatable bonds is 5. The normalized spacial score (nSPS) is 31.7. The van der Waals surface area contributed by atoms with Crippen LogP contribution in [0.5, 0.6) is 0 Å². The molecule has 2 N–H and O–H groups in total. The van der Waals surface area contributed by atoms with Crippen molar-refractivity contribution < 1.29 is 5.11 Å². The first-order chi connectivity index (χ1) is 8.35. The first-order valence-corrected chi connectivity index (χ1v) is 7.56. The third-order valence-corrected chi connectivity index (χ3v) is 4.95. The highest BCUT2D eigenvalue weighted by Crippen LogP contribution is 2.30. The average molecular weight is 256 g/mol. The van der Waals surface area contributed by atoms with Crippen molar-refractivity contribution in [3.05, 3.63) is 0 Å². The number of nitrogens with zero attached hydrogens (tertiary/aromatic N) is 1. The number of hydrogen-bond donors (Lipinski definition) is 2. The molecule has 0 aliphatic carbocycles. The summed E-state index contributed by atoms with van der Waals surface area (Å²) in [6.45, 7) is 14.2. The Balaban J connectivity index is 2.75. The van der Waals surface area contributed by atoms with Crippen molar-refractivity contribution in [1.29, 1.82) is 0 Å². The van der Waals surface area contributed by atoms with Gasteiger partial charge in [0, 0.05) is 18.1 Å². The van der Waals surface area contributed by atoms with Crippen LogP contribution in [-0.2, 0) is 0 Å². The zero-order valence-corrected chi connectivity index (χ0v) is 12.9. The van der Waals surface area contributed by atoms with Crippen molar-refractivity contribution in [3.8, 4) is 0 Å². The van der Waals surface area contributed by atoms with E-state index in [0.717, 1.165) is 45.3 Å². The summed E-state index contributed by atoms with van der Waals surface area (Å²) in [4.78, 5) is 2.59. The quantitative estimate of drug-likeness (QED) is 0.793. The molecule has 3 atom stereocenters. The van der Waals surface area contributed by atoms with Gasteiger partial charge in [0.2, 0.25) is 0 Å². The van der Waals surface area contributed by atoms with E-state index in [0.29, 0.717) is 6.04 Å². The van der Waals surface area contributed by atoms with Gasteiger partial charge in [0.05, 0.1) is 5.60 Å². The van der Waals surface area contributed by atoms with Gasteiger partial charge in [0.1, 0.15) is 0 Å². The van der Waals surface area contributed by atoms with Gasteiger partial charge in [0.25, 0.3) is 0 Å². The molecule has 1 heterocycles. The maximum Gasteiger partial charge on any atom is 0.0632 e. The summed E-state index contributed by atoms with van der Waals surface area (Å²) < 4.78 is 0. The molecule has 1 aliphatic heterocycles. The highest BCUT2D eigenvalue weighted by atomic mass is 16.3. The molecule has 3 nitrogen and oxygen atoms in total. The first-order valence-electron chi connectivity index (χ1n) is 7.56. The standard InChI is InChI=1S/C15H32N2O/c1-6-15(5,13(3)16-7-2)17-11-8-9-14(4,18)10-12-17/h13,16,18H,6-12H2,1-5H3. The van der Waals surface area contributed by atoms with Crippen LogP contribution in [0.1, 0.15) is 60.3 Å². The lowest BCUT2D eigenvalue weighted by Crippen LogP contribution is -2.58. The van der Waals surface area contributed by atoms with Crippen LogP contribution in [0.4, 0.5) is 0 Å². The molecule has 0 aromatic heterocycles. The highest BCUT2D eigenvalue weighted by Gasteiger charge is 2.37.